The first-order valence-electron chi connectivity index (χ1n) is 8.08. The molecule has 1 fully saturated rings. The molecule has 1 aromatic rings. The van der Waals surface area contributed by atoms with E-state index in [2.05, 4.69) is 20.8 Å². The third kappa shape index (κ3) is 4.31. The fourth-order valence-corrected chi connectivity index (χ4v) is 2.92. The van der Waals surface area contributed by atoms with Crippen molar-refractivity contribution in [2.24, 2.45) is 11.8 Å². The summed E-state index contributed by atoms with van der Waals surface area (Å²) in [6.45, 7) is 6.54. The molecule has 0 aliphatic heterocycles. The Morgan fingerprint density at radius 1 is 1.19 bits per heavy atom. The van der Waals surface area contributed by atoms with Gasteiger partial charge in [0.05, 0.1) is 5.56 Å². The monoisotopic (exact) mass is 290 g/mol. The van der Waals surface area contributed by atoms with Crippen molar-refractivity contribution in [3.05, 3.63) is 35.4 Å². The van der Waals surface area contributed by atoms with Gasteiger partial charge in [-0.25, -0.2) is 4.79 Å². The molecule has 2 rings (SSSR count). The van der Waals surface area contributed by atoms with Crippen LogP contribution in [0.2, 0.25) is 0 Å². The normalized spacial score (nSPS) is 25.6. The van der Waals surface area contributed by atoms with Crippen LogP contribution in [0.4, 0.5) is 0 Å². The first-order valence-corrected chi connectivity index (χ1v) is 8.08. The highest BCUT2D eigenvalue weighted by Crippen LogP contribution is 2.31. The Bertz CT molecular complexity index is 452. The minimum absolute atomic E-state index is 0.0251. The van der Waals surface area contributed by atoms with Crippen LogP contribution >= 0.6 is 0 Å². The largest absolute Gasteiger partial charge is 0.373 e. The first kappa shape index (κ1) is 16.0. The van der Waals surface area contributed by atoms with E-state index < -0.39 is 5.97 Å². The van der Waals surface area contributed by atoms with Crippen molar-refractivity contribution >= 4 is 5.97 Å². The summed E-state index contributed by atoms with van der Waals surface area (Å²) in [7, 11) is 0. The summed E-state index contributed by atoms with van der Waals surface area (Å²) in [6.07, 6.45) is 5.49. The molecule has 0 amide bonds. The van der Waals surface area contributed by atoms with Gasteiger partial charge in [-0.15, -0.1) is 0 Å². The van der Waals surface area contributed by atoms with E-state index in [0.29, 0.717) is 17.4 Å². The number of hydrogen-bond acceptors (Lipinski definition) is 3. The van der Waals surface area contributed by atoms with Crippen molar-refractivity contribution in [1.82, 2.24) is 0 Å². The molecule has 3 heteroatoms. The molecule has 0 aromatic heterocycles. The van der Waals surface area contributed by atoms with Gasteiger partial charge >= 0.3 is 5.97 Å². The van der Waals surface area contributed by atoms with Gasteiger partial charge < -0.3 is 0 Å². The average Bonchev–Trinajstić information content (AvgIpc) is 2.49. The Morgan fingerprint density at radius 2 is 1.90 bits per heavy atom. The van der Waals surface area contributed by atoms with Crippen LogP contribution in [0.5, 0.6) is 0 Å². The van der Waals surface area contributed by atoms with E-state index in [-0.39, 0.29) is 6.10 Å². The van der Waals surface area contributed by atoms with Crippen LogP contribution < -0.4 is 0 Å². The highest BCUT2D eigenvalue weighted by molar-refractivity contribution is 5.88. The van der Waals surface area contributed by atoms with Gasteiger partial charge in [-0.3, -0.25) is 4.89 Å². The second-order valence-electron chi connectivity index (χ2n) is 6.22. The van der Waals surface area contributed by atoms with Crippen LogP contribution in [0, 0.1) is 11.8 Å². The van der Waals surface area contributed by atoms with Crippen LogP contribution in [0.3, 0.4) is 0 Å². The number of rotatable bonds is 5. The van der Waals surface area contributed by atoms with Gasteiger partial charge in [0.25, 0.3) is 0 Å². The molecule has 0 N–H and O–H groups in total. The van der Waals surface area contributed by atoms with Crippen molar-refractivity contribution < 1.29 is 14.6 Å². The van der Waals surface area contributed by atoms with E-state index in [9.17, 15) is 4.79 Å². The van der Waals surface area contributed by atoms with Crippen molar-refractivity contribution in [2.45, 2.75) is 59.0 Å². The molecule has 21 heavy (non-hydrogen) atoms. The van der Waals surface area contributed by atoms with E-state index in [1.54, 1.807) is 0 Å². The molecule has 1 aliphatic rings. The molecule has 0 saturated heterocycles. The third-order valence-electron chi connectivity index (χ3n) is 4.61. The van der Waals surface area contributed by atoms with Crippen LogP contribution in [0.15, 0.2) is 24.3 Å². The van der Waals surface area contributed by atoms with Gasteiger partial charge in [-0.05, 0) is 42.4 Å². The summed E-state index contributed by atoms with van der Waals surface area (Å²) < 4.78 is 0. The van der Waals surface area contributed by atoms with E-state index in [0.717, 1.165) is 25.7 Å². The summed E-state index contributed by atoms with van der Waals surface area (Å²) in [5, 5.41) is 0. The topological polar surface area (TPSA) is 35.5 Å². The van der Waals surface area contributed by atoms with Gasteiger partial charge in [0.2, 0.25) is 0 Å². The number of aryl methyl sites for hydroxylation is 1. The van der Waals surface area contributed by atoms with Gasteiger partial charge in [0.1, 0.15) is 6.10 Å². The summed E-state index contributed by atoms with van der Waals surface area (Å²) >= 11 is 0. The molecule has 1 aromatic carbocycles. The molecule has 3 unspecified atom stereocenters. The molecule has 3 nitrogen and oxygen atoms in total. The molecule has 1 aliphatic carbocycles. The maximum absolute atomic E-state index is 12.0. The Morgan fingerprint density at radius 3 is 2.57 bits per heavy atom. The van der Waals surface area contributed by atoms with E-state index in [1.165, 1.54) is 12.0 Å². The molecule has 116 valence electrons. The lowest BCUT2D eigenvalue weighted by molar-refractivity contribution is -0.292. The first-order chi connectivity index (χ1) is 10.1. The maximum Gasteiger partial charge on any atom is 0.373 e. The second-order valence-corrected chi connectivity index (χ2v) is 6.22. The molecule has 3 atom stereocenters. The lowest BCUT2D eigenvalue weighted by atomic mass is 9.80. The standard InChI is InChI=1S/C18H26O3/c1-4-6-15-9-11-16(12-10-15)18(19)21-20-17-8-5-7-13(2)14(17)3/h9-14,17H,4-8H2,1-3H3. The van der Waals surface area contributed by atoms with E-state index in [1.807, 2.05) is 24.3 Å². The second kappa shape index (κ2) is 7.60. The summed E-state index contributed by atoms with van der Waals surface area (Å²) in [5.74, 6) is 0.651. The zero-order chi connectivity index (χ0) is 15.2. The average molecular weight is 290 g/mol. The molecule has 0 heterocycles. The van der Waals surface area contributed by atoms with E-state index >= 15 is 0 Å². The summed E-state index contributed by atoms with van der Waals surface area (Å²) in [6, 6.07) is 7.57. The SMILES string of the molecule is CCCc1ccc(C(=O)OOC2CCCC(C)C2C)cc1. The van der Waals surface area contributed by atoms with Crippen LogP contribution in [0.1, 0.15) is 62.4 Å². The van der Waals surface area contributed by atoms with E-state index in [4.69, 9.17) is 9.78 Å². The van der Waals surface area contributed by atoms with Crippen LogP contribution in [0.25, 0.3) is 0 Å². The predicted molar refractivity (Wildman–Crippen MR) is 82.9 cm³/mol. The highest BCUT2D eigenvalue weighted by atomic mass is 17.2. The Balaban J connectivity index is 1.86. The smallest absolute Gasteiger partial charge is 0.293 e. The third-order valence-corrected chi connectivity index (χ3v) is 4.61. The maximum atomic E-state index is 12.0. The van der Waals surface area contributed by atoms with Crippen molar-refractivity contribution in [3.63, 3.8) is 0 Å². The minimum Gasteiger partial charge on any atom is -0.293 e. The zero-order valence-corrected chi connectivity index (χ0v) is 13.3. The summed E-state index contributed by atoms with van der Waals surface area (Å²) in [4.78, 5) is 22.5. The molecule has 1 saturated carbocycles. The molecule has 0 bridgehead atoms. The van der Waals surface area contributed by atoms with Crippen molar-refractivity contribution in [2.75, 3.05) is 0 Å². The van der Waals surface area contributed by atoms with Crippen LogP contribution in [-0.2, 0) is 16.2 Å². The number of carbonyl (C=O) groups excluding carboxylic acids is 1. The lowest BCUT2D eigenvalue weighted by Crippen LogP contribution is -2.31. The predicted octanol–water partition coefficient (Wildman–Crippen LogP) is 4.55. The van der Waals surface area contributed by atoms with Gasteiger partial charge in [-0.1, -0.05) is 52.2 Å². The minimum atomic E-state index is -0.400. The molecular weight excluding hydrogens is 264 g/mol. The molecule has 0 spiro atoms. The Hall–Kier alpha value is -1.35. The van der Waals surface area contributed by atoms with Gasteiger partial charge in [0.15, 0.2) is 0 Å². The van der Waals surface area contributed by atoms with Gasteiger partial charge in [-0.2, -0.15) is 4.89 Å². The van der Waals surface area contributed by atoms with Crippen molar-refractivity contribution in [1.29, 1.82) is 0 Å². The summed E-state index contributed by atoms with van der Waals surface area (Å²) in [5.41, 5.74) is 1.79. The van der Waals surface area contributed by atoms with Crippen molar-refractivity contribution in [3.8, 4) is 0 Å². The number of hydrogen-bond donors (Lipinski definition) is 0. The fourth-order valence-electron chi connectivity index (χ4n) is 2.92. The fraction of sp³-hybridized carbons (Fsp3) is 0.611. The lowest BCUT2D eigenvalue weighted by Gasteiger charge is -2.32. The van der Waals surface area contributed by atoms with Gasteiger partial charge in [0, 0.05) is 0 Å². The Labute approximate surface area is 127 Å². The zero-order valence-electron chi connectivity index (χ0n) is 13.3. The Kier molecular flexibility index (Phi) is 5.80. The highest BCUT2D eigenvalue weighted by Gasteiger charge is 2.29. The quantitative estimate of drug-likeness (QED) is 0.589. The number of benzene rings is 1. The molecule has 0 radical (unpaired) electrons. The van der Waals surface area contributed by atoms with Crippen LogP contribution in [-0.4, -0.2) is 12.1 Å². The number of carbonyl (C=O) groups is 1. The molecular formula is C18H26O3.